The molecule has 5 rings (SSSR count). The first-order chi connectivity index (χ1) is 14.7. The van der Waals surface area contributed by atoms with Crippen molar-refractivity contribution >= 4 is 40.1 Å². The molecule has 3 aromatic carbocycles. The minimum atomic E-state index is -0.382. The van der Waals surface area contributed by atoms with Crippen molar-refractivity contribution < 1.29 is 13.9 Å². The maximum Gasteiger partial charge on any atom is 0.251 e. The highest BCUT2D eigenvalue weighted by atomic mass is 32.2. The van der Waals surface area contributed by atoms with E-state index < -0.39 is 0 Å². The monoisotopic (exact) mass is 421 g/mol. The van der Waals surface area contributed by atoms with E-state index in [-0.39, 0.29) is 24.0 Å². The van der Waals surface area contributed by atoms with Gasteiger partial charge in [-0.05, 0) is 34.2 Å². The van der Waals surface area contributed by atoms with Crippen LogP contribution in [0.3, 0.4) is 0 Å². The number of anilines is 1. The molecule has 0 atom stereocenters. The summed E-state index contributed by atoms with van der Waals surface area (Å²) in [7, 11) is 0. The van der Waals surface area contributed by atoms with Gasteiger partial charge in [0.15, 0.2) is 5.82 Å². The predicted octanol–water partition coefficient (Wildman–Crippen LogP) is 4.04. The second-order valence-corrected chi connectivity index (χ2v) is 8.09. The molecule has 3 aromatic rings. The van der Waals surface area contributed by atoms with Crippen molar-refractivity contribution in [3.8, 4) is 5.75 Å². The average molecular weight is 421 g/mol. The molecule has 7 heteroatoms. The number of carbonyl (C=O) groups is 1. The molecule has 0 aliphatic carbocycles. The van der Waals surface area contributed by atoms with E-state index >= 15 is 4.39 Å². The summed E-state index contributed by atoms with van der Waals surface area (Å²) in [6.07, 6.45) is 2.12. The summed E-state index contributed by atoms with van der Waals surface area (Å²) in [4.78, 5) is 11.8. The number of nitrogens with one attached hydrogen (secondary N) is 2. The number of hydrogen-bond donors (Lipinski definition) is 2. The molecular formula is C23H20FN3O2S. The van der Waals surface area contributed by atoms with Gasteiger partial charge in [-0.25, -0.2) is 4.39 Å². The Hall–Kier alpha value is -3.03. The van der Waals surface area contributed by atoms with Crippen LogP contribution in [-0.4, -0.2) is 25.5 Å². The number of hydrogen-bond acceptors (Lipinski definition) is 5. The van der Waals surface area contributed by atoms with Crippen molar-refractivity contribution in [2.24, 2.45) is 0 Å². The number of rotatable bonds is 5. The summed E-state index contributed by atoms with van der Waals surface area (Å²) in [5.41, 5.74) is 3.44. The highest BCUT2D eigenvalue weighted by Gasteiger charge is 2.28. The second-order valence-electron chi connectivity index (χ2n) is 7.26. The standard InChI is InChI=1S/C23H20FN3O2S/c24-22-19-10-16(18-8-9-25-12-18)6-7-17(19)11-20(23(22)27-13-21(28)26-30-27)29-14-15-4-2-1-3-5-15/h1-8,10-11,25H,9,12-14H2,(H,26,28). The Morgan fingerprint density at radius 3 is 2.73 bits per heavy atom. The van der Waals surface area contributed by atoms with E-state index in [4.69, 9.17) is 4.74 Å². The van der Waals surface area contributed by atoms with Crippen LogP contribution in [0.4, 0.5) is 10.1 Å². The summed E-state index contributed by atoms with van der Waals surface area (Å²) in [5.74, 6) is -0.125. The molecule has 152 valence electrons. The van der Waals surface area contributed by atoms with E-state index in [1.807, 2.05) is 54.6 Å². The van der Waals surface area contributed by atoms with Gasteiger partial charge >= 0.3 is 0 Å². The van der Waals surface area contributed by atoms with Gasteiger partial charge in [-0.3, -0.25) is 13.8 Å². The molecule has 2 aliphatic heterocycles. The molecule has 1 saturated heterocycles. The van der Waals surface area contributed by atoms with Gasteiger partial charge in [0, 0.05) is 18.5 Å². The fraction of sp³-hybridized carbons (Fsp3) is 0.174. The SMILES string of the molecule is O=C1CN(c2c(OCc3ccccc3)cc3ccc(C4=CCNC4)cc3c2F)SN1. The molecule has 0 spiro atoms. The van der Waals surface area contributed by atoms with E-state index in [0.717, 1.165) is 47.3 Å². The van der Waals surface area contributed by atoms with E-state index in [2.05, 4.69) is 16.1 Å². The molecule has 5 nitrogen and oxygen atoms in total. The molecule has 1 amide bonds. The van der Waals surface area contributed by atoms with Gasteiger partial charge in [0.05, 0.1) is 12.1 Å². The van der Waals surface area contributed by atoms with E-state index in [1.54, 1.807) is 4.31 Å². The average Bonchev–Trinajstić information content (AvgIpc) is 3.45. The Kier molecular flexibility index (Phi) is 5.06. The van der Waals surface area contributed by atoms with Crippen molar-refractivity contribution in [2.45, 2.75) is 6.61 Å². The lowest BCUT2D eigenvalue weighted by atomic mass is 10.0. The van der Waals surface area contributed by atoms with Crippen LogP contribution in [0, 0.1) is 5.82 Å². The molecule has 1 fully saturated rings. The van der Waals surface area contributed by atoms with Crippen LogP contribution in [0.25, 0.3) is 16.3 Å². The van der Waals surface area contributed by atoms with E-state index in [0.29, 0.717) is 17.7 Å². The number of carbonyl (C=O) groups excluding carboxylic acids is 1. The first-order valence-electron chi connectivity index (χ1n) is 9.75. The van der Waals surface area contributed by atoms with Crippen LogP contribution in [0.1, 0.15) is 11.1 Å². The third-order valence-corrected chi connectivity index (χ3v) is 6.09. The fourth-order valence-electron chi connectivity index (χ4n) is 3.71. The number of halogens is 1. The van der Waals surface area contributed by atoms with Crippen LogP contribution in [0.2, 0.25) is 0 Å². The molecular weight excluding hydrogens is 401 g/mol. The molecule has 2 N–H and O–H groups in total. The normalized spacial score (nSPS) is 16.1. The molecule has 0 saturated carbocycles. The molecule has 30 heavy (non-hydrogen) atoms. The lowest BCUT2D eigenvalue weighted by molar-refractivity contribution is -0.117. The van der Waals surface area contributed by atoms with Gasteiger partial charge < -0.3 is 10.1 Å². The van der Waals surface area contributed by atoms with E-state index in [9.17, 15) is 4.79 Å². The lowest BCUT2D eigenvalue weighted by Crippen LogP contribution is -2.17. The molecule has 2 aliphatic rings. The topological polar surface area (TPSA) is 53.6 Å². The Balaban J connectivity index is 1.58. The number of nitrogens with zero attached hydrogens (tertiary/aromatic N) is 1. The van der Waals surface area contributed by atoms with Gasteiger partial charge in [-0.1, -0.05) is 48.5 Å². The van der Waals surface area contributed by atoms with Crippen LogP contribution in [0.5, 0.6) is 5.75 Å². The first-order valence-corrected chi connectivity index (χ1v) is 10.5. The maximum atomic E-state index is 15.8. The highest BCUT2D eigenvalue weighted by Crippen LogP contribution is 2.41. The van der Waals surface area contributed by atoms with Crippen molar-refractivity contribution in [3.63, 3.8) is 0 Å². The van der Waals surface area contributed by atoms with E-state index in [1.165, 1.54) is 0 Å². The van der Waals surface area contributed by atoms with Crippen molar-refractivity contribution in [1.82, 2.24) is 10.0 Å². The van der Waals surface area contributed by atoms with Crippen LogP contribution in [-0.2, 0) is 11.4 Å². The zero-order valence-corrected chi connectivity index (χ0v) is 17.0. The predicted molar refractivity (Wildman–Crippen MR) is 119 cm³/mol. The first kappa shape index (κ1) is 19.0. The quantitative estimate of drug-likeness (QED) is 0.609. The van der Waals surface area contributed by atoms with Gasteiger partial charge in [0.25, 0.3) is 5.91 Å². The Labute approximate surface area is 178 Å². The van der Waals surface area contributed by atoms with Crippen molar-refractivity contribution in [1.29, 1.82) is 0 Å². The minimum absolute atomic E-state index is 0.0730. The zero-order chi connectivity index (χ0) is 20.5. The largest absolute Gasteiger partial charge is 0.487 e. The van der Waals surface area contributed by atoms with Gasteiger partial charge in [0.1, 0.15) is 24.6 Å². The molecule has 0 aromatic heterocycles. The summed E-state index contributed by atoms with van der Waals surface area (Å²) in [6, 6.07) is 17.4. The van der Waals surface area contributed by atoms with Gasteiger partial charge in [-0.15, -0.1) is 0 Å². The smallest absolute Gasteiger partial charge is 0.251 e. The summed E-state index contributed by atoms with van der Waals surface area (Å²) >= 11 is 1.08. The number of ether oxygens (including phenoxy) is 1. The lowest BCUT2D eigenvalue weighted by Gasteiger charge is -2.21. The number of benzene rings is 3. The second kappa shape index (κ2) is 8.01. The number of fused-ring (bicyclic) bond motifs is 1. The Morgan fingerprint density at radius 1 is 1.13 bits per heavy atom. The third-order valence-electron chi connectivity index (χ3n) is 5.24. The molecule has 2 heterocycles. The molecule has 0 radical (unpaired) electrons. The third kappa shape index (κ3) is 3.62. The van der Waals surface area contributed by atoms with Gasteiger partial charge in [-0.2, -0.15) is 0 Å². The molecule has 0 bridgehead atoms. The Morgan fingerprint density at radius 2 is 2.00 bits per heavy atom. The highest BCUT2D eigenvalue weighted by molar-refractivity contribution is 7.99. The van der Waals surface area contributed by atoms with Crippen LogP contribution < -0.4 is 19.1 Å². The van der Waals surface area contributed by atoms with Crippen molar-refractivity contribution in [3.05, 3.63) is 77.6 Å². The van der Waals surface area contributed by atoms with Crippen molar-refractivity contribution in [2.75, 3.05) is 23.9 Å². The van der Waals surface area contributed by atoms with Crippen LogP contribution >= 0.6 is 12.1 Å². The molecule has 0 unspecified atom stereocenters. The van der Waals surface area contributed by atoms with Crippen LogP contribution in [0.15, 0.2) is 60.7 Å². The maximum absolute atomic E-state index is 15.8. The summed E-state index contributed by atoms with van der Waals surface area (Å²) in [6.45, 7) is 1.99. The van der Waals surface area contributed by atoms with Gasteiger partial charge in [0.2, 0.25) is 0 Å². The summed E-state index contributed by atoms with van der Waals surface area (Å²) < 4.78 is 26.1. The Bertz CT molecular complexity index is 1150. The zero-order valence-electron chi connectivity index (χ0n) is 16.2. The number of amides is 1. The summed E-state index contributed by atoms with van der Waals surface area (Å²) in [5, 5.41) is 4.55. The fourth-order valence-corrected chi connectivity index (χ4v) is 4.43. The minimum Gasteiger partial charge on any atom is -0.487 e.